The van der Waals surface area contributed by atoms with E-state index in [9.17, 15) is 5.11 Å². The third-order valence-electron chi connectivity index (χ3n) is 2.27. The average Bonchev–Trinajstić information content (AvgIpc) is 2.83. The molecule has 2 aromatic rings. The maximum atomic E-state index is 9.74. The Morgan fingerprint density at radius 2 is 2.29 bits per heavy atom. The van der Waals surface area contributed by atoms with Gasteiger partial charge in [0.2, 0.25) is 0 Å². The van der Waals surface area contributed by atoms with E-state index in [1.165, 1.54) is 0 Å². The summed E-state index contributed by atoms with van der Waals surface area (Å²) in [7, 11) is 0. The zero-order valence-corrected chi connectivity index (χ0v) is 9.40. The molecule has 0 amide bonds. The molecule has 1 atom stereocenters. The van der Waals surface area contributed by atoms with E-state index in [0.29, 0.717) is 19.6 Å². The van der Waals surface area contributed by atoms with Crippen LogP contribution in [0.2, 0.25) is 0 Å². The molecule has 2 rings (SSSR count). The predicted molar refractivity (Wildman–Crippen MR) is 62.0 cm³/mol. The molecule has 6 nitrogen and oxygen atoms in total. The zero-order valence-electron chi connectivity index (χ0n) is 9.40. The largest absolute Gasteiger partial charge is 0.390 e. The highest BCUT2D eigenvalue weighted by molar-refractivity contribution is 4.98. The highest BCUT2D eigenvalue weighted by atomic mass is 16.3. The first-order valence-electron chi connectivity index (χ1n) is 5.47. The van der Waals surface area contributed by atoms with Crippen molar-refractivity contribution in [2.75, 3.05) is 6.54 Å². The van der Waals surface area contributed by atoms with Crippen molar-refractivity contribution in [2.45, 2.75) is 19.2 Å². The van der Waals surface area contributed by atoms with E-state index in [-0.39, 0.29) is 0 Å². The summed E-state index contributed by atoms with van der Waals surface area (Å²) < 4.78 is 1.70. The average molecular weight is 233 g/mol. The second-order valence-electron chi connectivity index (χ2n) is 3.73. The summed E-state index contributed by atoms with van der Waals surface area (Å²) in [5, 5.41) is 24.6. The number of hydrogen-bond donors (Lipinski definition) is 2. The number of hydrogen-bond acceptors (Lipinski definition) is 5. The minimum atomic E-state index is -0.466. The summed E-state index contributed by atoms with van der Waals surface area (Å²) in [6.45, 7) is 1.58. The maximum absolute atomic E-state index is 9.74. The number of aliphatic hydroxyl groups is 1. The molecule has 0 bridgehead atoms. The fourth-order valence-corrected chi connectivity index (χ4v) is 1.48. The van der Waals surface area contributed by atoms with Crippen molar-refractivity contribution in [3.05, 3.63) is 42.5 Å². The molecular formula is C11H15N5O. The van der Waals surface area contributed by atoms with Crippen LogP contribution in [0.15, 0.2) is 36.8 Å². The summed E-state index contributed by atoms with van der Waals surface area (Å²) in [6.07, 6.45) is 4.69. The van der Waals surface area contributed by atoms with Gasteiger partial charge in [-0.1, -0.05) is 0 Å². The van der Waals surface area contributed by atoms with Crippen molar-refractivity contribution in [1.82, 2.24) is 25.3 Å². The Labute approximate surface area is 99.3 Å². The van der Waals surface area contributed by atoms with Gasteiger partial charge in [0.1, 0.15) is 0 Å². The molecule has 0 aliphatic carbocycles. The van der Waals surface area contributed by atoms with Gasteiger partial charge in [-0.2, -0.15) is 15.3 Å². The van der Waals surface area contributed by atoms with Gasteiger partial charge in [0.25, 0.3) is 0 Å². The van der Waals surface area contributed by atoms with Crippen LogP contribution in [-0.2, 0) is 13.1 Å². The molecule has 2 aromatic heterocycles. The van der Waals surface area contributed by atoms with Crippen LogP contribution in [-0.4, -0.2) is 37.7 Å². The summed E-state index contributed by atoms with van der Waals surface area (Å²) >= 11 is 0. The molecule has 0 spiro atoms. The molecule has 6 heteroatoms. The van der Waals surface area contributed by atoms with Gasteiger partial charge in [-0.3, -0.25) is 4.68 Å². The Morgan fingerprint density at radius 1 is 1.35 bits per heavy atom. The third-order valence-corrected chi connectivity index (χ3v) is 2.27. The van der Waals surface area contributed by atoms with E-state index in [1.54, 1.807) is 17.1 Å². The maximum Gasteiger partial charge on any atom is 0.0860 e. The van der Waals surface area contributed by atoms with Crippen molar-refractivity contribution in [3.8, 4) is 0 Å². The fraction of sp³-hybridized carbons (Fsp3) is 0.364. The molecule has 0 aliphatic heterocycles. The molecule has 0 saturated heterocycles. The second-order valence-corrected chi connectivity index (χ2v) is 3.73. The van der Waals surface area contributed by atoms with Crippen LogP contribution >= 0.6 is 0 Å². The Balaban J connectivity index is 1.68. The van der Waals surface area contributed by atoms with Gasteiger partial charge >= 0.3 is 0 Å². The number of nitrogens with zero attached hydrogens (tertiary/aromatic N) is 4. The summed E-state index contributed by atoms with van der Waals surface area (Å²) in [6, 6.07) is 5.56. The van der Waals surface area contributed by atoms with Gasteiger partial charge in [0.15, 0.2) is 0 Å². The number of aromatic nitrogens is 4. The van der Waals surface area contributed by atoms with E-state index in [0.717, 1.165) is 5.69 Å². The Hall–Kier alpha value is -1.79. The van der Waals surface area contributed by atoms with Crippen LogP contribution in [0.25, 0.3) is 0 Å². The van der Waals surface area contributed by atoms with Crippen LogP contribution in [0.5, 0.6) is 0 Å². The van der Waals surface area contributed by atoms with Gasteiger partial charge < -0.3 is 10.4 Å². The standard InChI is InChI=1S/C11H15N5O/c17-11(9-16-6-2-5-14-16)8-12-7-10-3-1-4-13-15-10/h1-6,11-12,17H,7-9H2. The summed E-state index contributed by atoms with van der Waals surface area (Å²) in [5.41, 5.74) is 0.860. The lowest BCUT2D eigenvalue weighted by Gasteiger charge is -2.11. The van der Waals surface area contributed by atoms with Gasteiger partial charge in [-0.25, -0.2) is 0 Å². The molecule has 2 N–H and O–H groups in total. The van der Waals surface area contributed by atoms with Gasteiger partial charge in [-0.05, 0) is 18.2 Å². The Kier molecular flexibility index (Phi) is 4.17. The van der Waals surface area contributed by atoms with E-state index >= 15 is 0 Å². The lowest BCUT2D eigenvalue weighted by Crippen LogP contribution is -2.30. The van der Waals surface area contributed by atoms with Crippen molar-refractivity contribution in [2.24, 2.45) is 0 Å². The molecule has 17 heavy (non-hydrogen) atoms. The van der Waals surface area contributed by atoms with E-state index in [1.807, 2.05) is 24.4 Å². The lowest BCUT2D eigenvalue weighted by molar-refractivity contribution is 0.146. The highest BCUT2D eigenvalue weighted by Gasteiger charge is 2.04. The number of rotatable bonds is 6. The van der Waals surface area contributed by atoms with Crippen molar-refractivity contribution in [3.63, 3.8) is 0 Å². The quantitative estimate of drug-likeness (QED) is 0.724. The fourth-order valence-electron chi connectivity index (χ4n) is 1.48. The van der Waals surface area contributed by atoms with E-state index < -0.39 is 6.10 Å². The molecule has 0 radical (unpaired) electrons. The van der Waals surface area contributed by atoms with Gasteiger partial charge in [0, 0.05) is 31.7 Å². The summed E-state index contributed by atoms with van der Waals surface area (Å²) in [5.74, 6) is 0. The topological polar surface area (TPSA) is 75.9 Å². The van der Waals surface area contributed by atoms with Crippen LogP contribution in [0.4, 0.5) is 0 Å². The minimum Gasteiger partial charge on any atom is -0.390 e. The van der Waals surface area contributed by atoms with Gasteiger partial charge in [-0.15, -0.1) is 0 Å². The lowest BCUT2D eigenvalue weighted by atomic mass is 10.3. The predicted octanol–water partition coefficient (Wildman–Crippen LogP) is -0.176. The van der Waals surface area contributed by atoms with Crippen molar-refractivity contribution >= 4 is 0 Å². The van der Waals surface area contributed by atoms with Crippen LogP contribution < -0.4 is 5.32 Å². The molecule has 0 aromatic carbocycles. The molecule has 0 saturated carbocycles. The number of nitrogens with one attached hydrogen (secondary N) is 1. The Bertz CT molecular complexity index is 417. The first-order valence-corrected chi connectivity index (χ1v) is 5.47. The van der Waals surface area contributed by atoms with E-state index in [2.05, 4.69) is 20.6 Å². The smallest absolute Gasteiger partial charge is 0.0860 e. The normalized spacial score (nSPS) is 12.5. The summed E-state index contributed by atoms with van der Waals surface area (Å²) in [4.78, 5) is 0. The molecule has 0 aliphatic rings. The molecule has 1 unspecified atom stereocenters. The first kappa shape index (κ1) is 11.7. The van der Waals surface area contributed by atoms with Gasteiger partial charge in [0.05, 0.1) is 18.3 Å². The molecule has 90 valence electrons. The molecule has 2 heterocycles. The number of aliphatic hydroxyl groups excluding tert-OH is 1. The minimum absolute atomic E-state index is 0.466. The Morgan fingerprint density at radius 3 is 3.00 bits per heavy atom. The van der Waals surface area contributed by atoms with Crippen LogP contribution in [0.1, 0.15) is 5.69 Å². The van der Waals surface area contributed by atoms with Crippen molar-refractivity contribution in [1.29, 1.82) is 0 Å². The monoisotopic (exact) mass is 233 g/mol. The van der Waals surface area contributed by atoms with Crippen molar-refractivity contribution < 1.29 is 5.11 Å². The first-order chi connectivity index (χ1) is 8.34. The van der Waals surface area contributed by atoms with Crippen LogP contribution in [0, 0.1) is 0 Å². The second kappa shape index (κ2) is 6.07. The SMILES string of the molecule is OC(CNCc1cccnn1)Cn1cccn1. The van der Waals surface area contributed by atoms with Crippen LogP contribution in [0.3, 0.4) is 0 Å². The molecule has 0 fully saturated rings. The highest BCUT2D eigenvalue weighted by Crippen LogP contribution is 1.92. The zero-order chi connectivity index (χ0) is 11.9. The molecular weight excluding hydrogens is 218 g/mol. The van der Waals surface area contributed by atoms with E-state index in [4.69, 9.17) is 0 Å². The third kappa shape index (κ3) is 3.93.